The van der Waals surface area contributed by atoms with Gasteiger partial charge >= 0.3 is 5.97 Å². The Labute approximate surface area is 224 Å². The summed E-state index contributed by atoms with van der Waals surface area (Å²) in [4.78, 5) is 32.6. The van der Waals surface area contributed by atoms with E-state index >= 15 is 0 Å². The maximum atomic E-state index is 13.9. The number of halogens is 1. The molecule has 0 radical (unpaired) electrons. The molecule has 2 aromatic carbocycles. The first-order chi connectivity index (χ1) is 17.9. The van der Waals surface area contributed by atoms with Crippen LogP contribution in [0.5, 0.6) is 11.5 Å². The molecule has 0 amide bonds. The van der Waals surface area contributed by atoms with Crippen molar-refractivity contribution in [3.63, 3.8) is 0 Å². The van der Waals surface area contributed by atoms with E-state index in [0.29, 0.717) is 55.7 Å². The van der Waals surface area contributed by atoms with Crippen LogP contribution in [-0.2, 0) is 9.53 Å². The molecule has 1 atom stereocenters. The summed E-state index contributed by atoms with van der Waals surface area (Å²) in [5.41, 5.74) is 2.00. The van der Waals surface area contributed by atoms with Crippen molar-refractivity contribution in [1.29, 1.82) is 0 Å². The summed E-state index contributed by atoms with van der Waals surface area (Å²) in [5.74, 6) is 0.672. The van der Waals surface area contributed by atoms with Gasteiger partial charge < -0.3 is 14.2 Å². The average molecular weight is 541 g/mol. The van der Waals surface area contributed by atoms with Crippen molar-refractivity contribution in [2.75, 3.05) is 20.3 Å². The molecule has 37 heavy (non-hydrogen) atoms. The summed E-state index contributed by atoms with van der Waals surface area (Å²) in [6.07, 6.45) is 3.11. The molecule has 0 N–H and O–H groups in total. The number of benzene rings is 2. The zero-order chi connectivity index (χ0) is 26.5. The fourth-order valence-corrected chi connectivity index (χ4v) is 5.55. The molecule has 1 aliphatic rings. The third kappa shape index (κ3) is 5.36. The van der Waals surface area contributed by atoms with Crippen LogP contribution in [0, 0.1) is 0 Å². The zero-order valence-electron chi connectivity index (χ0n) is 21.2. The number of para-hydroxylation sites is 1. The van der Waals surface area contributed by atoms with E-state index in [0.717, 1.165) is 12.0 Å². The van der Waals surface area contributed by atoms with Crippen LogP contribution in [0.3, 0.4) is 0 Å². The van der Waals surface area contributed by atoms with Crippen molar-refractivity contribution in [2.24, 2.45) is 4.99 Å². The Hall–Kier alpha value is -3.36. The topological polar surface area (TPSA) is 79.1 Å². The summed E-state index contributed by atoms with van der Waals surface area (Å²) in [5, 5.41) is 0.459. The van der Waals surface area contributed by atoms with E-state index in [9.17, 15) is 9.59 Å². The van der Waals surface area contributed by atoms with E-state index in [1.165, 1.54) is 11.3 Å². The second kappa shape index (κ2) is 11.8. The van der Waals surface area contributed by atoms with Gasteiger partial charge in [-0.25, -0.2) is 9.79 Å². The van der Waals surface area contributed by atoms with Crippen molar-refractivity contribution >= 4 is 35.0 Å². The van der Waals surface area contributed by atoms with Gasteiger partial charge in [-0.3, -0.25) is 9.36 Å². The lowest BCUT2D eigenvalue weighted by Crippen LogP contribution is -2.40. The molecule has 3 aromatic rings. The van der Waals surface area contributed by atoms with Crippen molar-refractivity contribution in [3.05, 3.63) is 89.6 Å². The van der Waals surface area contributed by atoms with Crippen LogP contribution in [0.15, 0.2) is 63.5 Å². The lowest BCUT2D eigenvalue weighted by molar-refractivity contribution is -0.139. The van der Waals surface area contributed by atoms with Gasteiger partial charge in [0.2, 0.25) is 0 Å². The first-order valence-electron chi connectivity index (χ1n) is 12.2. The number of hydrogen-bond acceptors (Lipinski definition) is 7. The minimum Gasteiger partial charge on any atom is -0.496 e. The van der Waals surface area contributed by atoms with Gasteiger partial charge in [-0.1, -0.05) is 54.5 Å². The molecule has 1 aliphatic heterocycles. The Bertz CT molecular complexity index is 1520. The molecule has 9 heteroatoms. The molecule has 0 aliphatic carbocycles. The van der Waals surface area contributed by atoms with Crippen molar-refractivity contribution in [2.45, 2.75) is 39.7 Å². The first-order valence-corrected chi connectivity index (χ1v) is 13.4. The molecule has 0 spiro atoms. The molecule has 0 unspecified atom stereocenters. The van der Waals surface area contributed by atoms with E-state index in [4.69, 9.17) is 30.8 Å². The molecular formula is C28H29ClN2O5S. The highest BCUT2D eigenvalue weighted by molar-refractivity contribution is 7.07. The molecule has 7 nitrogen and oxygen atoms in total. The fraction of sp³-hybridized carbons (Fsp3) is 0.321. The molecule has 194 valence electrons. The fourth-order valence-electron chi connectivity index (χ4n) is 4.36. The Morgan fingerprint density at radius 1 is 1.14 bits per heavy atom. The minimum absolute atomic E-state index is 0.194. The standard InChI is InChI=1S/C28H29ClN2O5S/c1-5-10-20-24(27(33)36-7-3)25(19-16-18(29)13-14-22(19)34-4)31-26(32)23(37-28(31)30-20)15-17-11-8-9-12-21(17)35-6-2/h8-9,11-16,25H,5-7,10H2,1-4H3/b23-15+/t25-/m1/s1. The Morgan fingerprint density at radius 2 is 1.92 bits per heavy atom. The number of rotatable bonds is 9. The van der Waals surface area contributed by atoms with Crippen LogP contribution in [0.25, 0.3) is 6.08 Å². The van der Waals surface area contributed by atoms with Gasteiger partial charge in [0.1, 0.15) is 17.5 Å². The predicted octanol–water partition coefficient (Wildman–Crippen LogP) is 4.64. The molecule has 0 saturated heterocycles. The van der Waals surface area contributed by atoms with Crippen molar-refractivity contribution < 1.29 is 19.0 Å². The molecule has 0 fully saturated rings. The van der Waals surface area contributed by atoms with Gasteiger partial charge in [-0.05, 0) is 50.6 Å². The summed E-state index contributed by atoms with van der Waals surface area (Å²) in [6, 6.07) is 11.9. The van der Waals surface area contributed by atoms with Gasteiger partial charge in [0, 0.05) is 16.1 Å². The quantitative estimate of drug-likeness (QED) is 0.369. The van der Waals surface area contributed by atoms with E-state index in [-0.39, 0.29) is 12.2 Å². The highest BCUT2D eigenvalue weighted by Crippen LogP contribution is 2.38. The van der Waals surface area contributed by atoms with E-state index < -0.39 is 12.0 Å². The van der Waals surface area contributed by atoms with Crippen LogP contribution in [0.2, 0.25) is 5.02 Å². The SMILES string of the molecule is CCCC1=C(C(=O)OCC)[C@@H](c2cc(Cl)ccc2OC)n2c(s/c(=C/c3ccccc3OCC)c2=O)=N1. The lowest BCUT2D eigenvalue weighted by atomic mass is 9.93. The zero-order valence-corrected chi connectivity index (χ0v) is 22.8. The van der Waals surface area contributed by atoms with Gasteiger partial charge in [-0.2, -0.15) is 0 Å². The highest BCUT2D eigenvalue weighted by Gasteiger charge is 2.36. The van der Waals surface area contributed by atoms with Crippen LogP contribution in [0.4, 0.5) is 0 Å². The van der Waals surface area contributed by atoms with E-state index in [1.54, 1.807) is 42.9 Å². The molecule has 0 saturated carbocycles. The predicted molar refractivity (Wildman–Crippen MR) is 145 cm³/mol. The second-order valence-corrected chi connectivity index (χ2v) is 9.72. The Kier molecular flexibility index (Phi) is 8.51. The summed E-state index contributed by atoms with van der Waals surface area (Å²) >= 11 is 7.66. The van der Waals surface area contributed by atoms with Crippen molar-refractivity contribution in [1.82, 2.24) is 4.57 Å². The number of carbonyl (C=O) groups excluding carboxylic acids is 1. The maximum Gasteiger partial charge on any atom is 0.338 e. The Balaban J connectivity index is 2.04. The number of fused-ring (bicyclic) bond motifs is 1. The average Bonchev–Trinajstić information content (AvgIpc) is 3.19. The number of hydrogen-bond donors (Lipinski definition) is 0. The highest BCUT2D eigenvalue weighted by atomic mass is 35.5. The smallest absolute Gasteiger partial charge is 0.338 e. The normalized spacial score (nSPS) is 15.3. The van der Waals surface area contributed by atoms with Crippen molar-refractivity contribution in [3.8, 4) is 11.5 Å². The first kappa shape index (κ1) is 26.7. The number of carbonyl (C=O) groups is 1. The number of methoxy groups -OCH3 is 1. The maximum absolute atomic E-state index is 13.9. The van der Waals surface area contributed by atoms with Gasteiger partial charge in [-0.15, -0.1) is 0 Å². The third-order valence-corrected chi connectivity index (χ3v) is 7.10. The molecule has 0 bridgehead atoms. The number of thiazole rings is 1. The van der Waals surface area contributed by atoms with Crippen LogP contribution >= 0.6 is 22.9 Å². The Morgan fingerprint density at radius 3 is 2.62 bits per heavy atom. The third-order valence-electron chi connectivity index (χ3n) is 5.88. The number of ether oxygens (including phenoxy) is 3. The number of aromatic nitrogens is 1. The van der Waals surface area contributed by atoms with E-state index in [1.807, 2.05) is 38.1 Å². The van der Waals surface area contributed by atoms with Crippen LogP contribution in [-0.4, -0.2) is 30.9 Å². The molecular weight excluding hydrogens is 512 g/mol. The largest absolute Gasteiger partial charge is 0.496 e. The molecule has 1 aromatic heterocycles. The summed E-state index contributed by atoms with van der Waals surface area (Å²) in [7, 11) is 1.54. The van der Waals surface area contributed by atoms with E-state index in [2.05, 4.69) is 0 Å². The summed E-state index contributed by atoms with van der Waals surface area (Å²) < 4.78 is 18.8. The number of nitrogens with zero attached hydrogens (tertiary/aromatic N) is 2. The van der Waals surface area contributed by atoms with Gasteiger partial charge in [0.05, 0.1) is 36.1 Å². The summed E-state index contributed by atoms with van der Waals surface area (Å²) in [6.45, 7) is 6.37. The minimum atomic E-state index is -0.810. The van der Waals surface area contributed by atoms with Crippen LogP contribution < -0.4 is 24.4 Å². The second-order valence-electron chi connectivity index (χ2n) is 8.27. The van der Waals surface area contributed by atoms with Gasteiger partial charge in [0.15, 0.2) is 4.80 Å². The van der Waals surface area contributed by atoms with Crippen LogP contribution in [0.1, 0.15) is 50.8 Å². The monoisotopic (exact) mass is 540 g/mol. The lowest BCUT2D eigenvalue weighted by Gasteiger charge is -2.27. The molecule has 4 rings (SSSR count). The molecule has 2 heterocycles. The number of allylic oxidation sites excluding steroid dienone is 1. The number of esters is 1. The van der Waals surface area contributed by atoms with Gasteiger partial charge in [0.25, 0.3) is 5.56 Å².